The Morgan fingerprint density at radius 1 is 1.50 bits per heavy atom. The van der Waals surface area contributed by atoms with Crippen molar-refractivity contribution < 1.29 is 0 Å². The predicted octanol–water partition coefficient (Wildman–Crippen LogP) is 3.85. The molecule has 0 spiro atoms. The van der Waals surface area contributed by atoms with Gasteiger partial charge < -0.3 is 10.2 Å². The second-order valence-electron chi connectivity index (χ2n) is 5.39. The van der Waals surface area contributed by atoms with Gasteiger partial charge in [0.1, 0.15) is 0 Å². The molecule has 0 fully saturated rings. The van der Waals surface area contributed by atoms with Gasteiger partial charge >= 0.3 is 0 Å². The topological polar surface area (TPSA) is 15.3 Å². The van der Waals surface area contributed by atoms with Crippen LogP contribution in [0.2, 0.25) is 0 Å². The van der Waals surface area contributed by atoms with Gasteiger partial charge in [0, 0.05) is 30.5 Å². The Bertz CT molecular complexity index is 542. The normalized spacial score (nSPS) is 14.9. The largest absolute Gasteiger partial charge is 0.390 e. The summed E-state index contributed by atoms with van der Waals surface area (Å²) >= 11 is 0. The van der Waals surface area contributed by atoms with Crippen molar-refractivity contribution in [1.29, 1.82) is 0 Å². The third-order valence-corrected chi connectivity index (χ3v) is 4.00. The number of nitrogens with one attached hydrogen (secondary N) is 1. The van der Waals surface area contributed by atoms with Crippen LogP contribution in [0.1, 0.15) is 29.5 Å². The zero-order valence-electron chi connectivity index (χ0n) is 12.6. The lowest BCUT2D eigenvalue weighted by atomic mass is 10.1. The lowest BCUT2D eigenvalue weighted by Crippen LogP contribution is -2.35. The highest BCUT2D eigenvalue weighted by Gasteiger charge is 2.29. The minimum atomic E-state index is 0.262. The summed E-state index contributed by atoms with van der Waals surface area (Å²) in [6, 6.07) is 6.85. The molecule has 0 aliphatic carbocycles. The van der Waals surface area contributed by atoms with Crippen LogP contribution in [0.5, 0.6) is 0 Å². The van der Waals surface area contributed by atoms with Gasteiger partial charge in [-0.25, -0.2) is 0 Å². The standard InChI is InChI=1S/C18H24N2/c1-6-7-8-18(14(3)19-5)20-12-16-11-13(2)9-10-17(16)15(20)4/h6,9-11,18-19H,1,3-4,7-8,12H2,2,5H3. The van der Waals surface area contributed by atoms with Crippen molar-refractivity contribution in [3.63, 3.8) is 0 Å². The molecule has 1 aromatic carbocycles. The summed E-state index contributed by atoms with van der Waals surface area (Å²) in [5, 5.41) is 3.20. The molecular weight excluding hydrogens is 244 g/mol. The Labute approximate surface area is 122 Å². The average molecular weight is 268 g/mol. The number of rotatable bonds is 6. The summed E-state index contributed by atoms with van der Waals surface area (Å²) in [4.78, 5) is 2.35. The van der Waals surface area contributed by atoms with Crippen molar-refractivity contribution in [2.24, 2.45) is 0 Å². The number of allylic oxidation sites excluding steroid dienone is 1. The van der Waals surface area contributed by atoms with Crippen LogP contribution in [0.4, 0.5) is 0 Å². The number of fused-ring (bicyclic) bond motifs is 1. The monoisotopic (exact) mass is 268 g/mol. The summed E-state index contributed by atoms with van der Waals surface area (Å²) in [5.74, 6) is 0. The van der Waals surface area contributed by atoms with E-state index in [-0.39, 0.29) is 6.04 Å². The van der Waals surface area contributed by atoms with Crippen LogP contribution in [0.15, 0.2) is 49.7 Å². The van der Waals surface area contributed by atoms with Crippen LogP contribution in [0.25, 0.3) is 5.70 Å². The van der Waals surface area contributed by atoms with Gasteiger partial charge in [-0.2, -0.15) is 0 Å². The number of benzene rings is 1. The fourth-order valence-corrected chi connectivity index (χ4v) is 2.83. The quantitative estimate of drug-likeness (QED) is 0.788. The van der Waals surface area contributed by atoms with Crippen LogP contribution in [0.3, 0.4) is 0 Å². The maximum atomic E-state index is 4.28. The summed E-state index contributed by atoms with van der Waals surface area (Å²) in [7, 11) is 1.93. The lowest BCUT2D eigenvalue weighted by molar-refractivity contribution is 0.312. The molecule has 1 aliphatic rings. The highest BCUT2D eigenvalue weighted by molar-refractivity contribution is 5.70. The van der Waals surface area contributed by atoms with E-state index in [1.165, 1.54) is 16.7 Å². The van der Waals surface area contributed by atoms with E-state index in [0.717, 1.165) is 30.8 Å². The maximum Gasteiger partial charge on any atom is 0.0688 e. The van der Waals surface area contributed by atoms with Crippen LogP contribution >= 0.6 is 0 Å². The van der Waals surface area contributed by atoms with Crippen molar-refractivity contribution in [2.75, 3.05) is 7.05 Å². The Morgan fingerprint density at radius 2 is 2.25 bits per heavy atom. The number of aryl methyl sites for hydroxylation is 1. The van der Waals surface area contributed by atoms with E-state index < -0.39 is 0 Å². The summed E-state index contributed by atoms with van der Waals surface area (Å²) in [6.45, 7) is 15.3. The average Bonchev–Trinajstić information content (AvgIpc) is 2.75. The first-order chi connectivity index (χ1) is 9.58. The smallest absolute Gasteiger partial charge is 0.0688 e. The van der Waals surface area contributed by atoms with Crippen molar-refractivity contribution in [3.05, 3.63) is 66.4 Å². The van der Waals surface area contributed by atoms with Gasteiger partial charge in [-0.3, -0.25) is 0 Å². The molecule has 1 atom stereocenters. The molecular formula is C18H24N2. The van der Waals surface area contributed by atoms with Crippen LogP contribution < -0.4 is 5.32 Å². The van der Waals surface area contributed by atoms with E-state index in [2.05, 4.69) is 55.1 Å². The summed E-state index contributed by atoms with van der Waals surface area (Å²) in [5.41, 5.74) is 6.07. The Balaban J connectivity index is 2.26. The van der Waals surface area contributed by atoms with E-state index in [0.29, 0.717) is 0 Å². The highest BCUT2D eigenvalue weighted by Crippen LogP contribution is 2.35. The molecule has 2 rings (SSSR count). The molecule has 1 aromatic rings. The first kappa shape index (κ1) is 14.4. The second kappa shape index (κ2) is 6.00. The maximum absolute atomic E-state index is 4.28. The van der Waals surface area contributed by atoms with E-state index in [1.807, 2.05) is 13.1 Å². The van der Waals surface area contributed by atoms with E-state index in [4.69, 9.17) is 0 Å². The van der Waals surface area contributed by atoms with Crippen LogP contribution in [-0.2, 0) is 6.54 Å². The molecule has 1 aliphatic heterocycles. The SMILES string of the molecule is C=CCCC(C(=C)NC)N1Cc2cc(C)ccc2C1=C. The lowest BCUT2D eigenvalue weighted by Gasteiger charge is -2.32. The van der Waals surface area contributed by atoms with Gasteiger partial charge in [0.15, 0.2) is 0 Å². The van der Waals surface area contributed by atoms with Gasteiger partial charge in [-0.1, -0.05) is 43.0 Å². The van der Waals surface area contributed by atoms with Crippen molar-refractivity contribution in [1.82, 2.24) is 10.2 Å². The summed E-state index contributed by atoms with van der Waals surface area (Å²) < 4.78 is 0. The van der Waals surface area contributed by atoms with Crippen LogP contribution in [0, 0.1) is 6.92 Å². The van der Waals surface area contributed by atoms with Crippen molar-refractivity contribution >= 4 is 5.70 Å². The molecule has 106 valence electrons. The van der Waals surface area contributed by atoms with Crippen LogP contribution in [-0.4, -0.2) is 18.0 Å². The molecule has 2 heteroatoms. The molecule has 2 nitrogen and oxygen atoms in total. The predicted molar refractivity (Wildman–Crippen MR) is 87.2 cm³/mol. The fraction of sp³-hybridized carbons (Fsp3) is 0.333. The molecule has 1 heterocycles. The zero-order chi connectivity index (χ0) is 14.7. The number of nitrogens with zero attached hydrogens (tertiary/aromatic N) is 1. The Morgan fingerprint density at radius 3 is 2.90 bits per heavy atom. The first-order valence-corrected chi connectivity index (χ1v) is 7.11. The van der Waals surface area contributed by atoms with Gasteiger partial charge in [0.05, 0.1) is 6.04 Å². The molecule has 0 aromatic heterocycles. The number of hydrogen-bond acceptors (Lipinski definition) is 2. The van der Waals surface area contributed by atoms with E-state index >= 15 is 0 Å². The molecule has 1 unspecified atom stereocenters. The molecule has 20 heavy (non-hydrogen) atoms. The Hall–Kier alpha value is -1.96. The summed E-state index contributed by atoms with van der Waals surface area (Å²) in [6.07, 6.45) is 3.95. The van der Waals surface area contributed by atoms with E-state index in [9.17, 15) is 0 Å². The number of likely N-dealkylation sites (N-methyl/N-ethyl adjacent to an activating group) is 1. The second-order valence-corrected chi connectivity index (χ2v) is 5.39. The van der Waals surface area contributed by atoms with Gasteiger partial charge in [-0.15, -0.1) is 6.58 Å². The van der Waals surface area contributed by atoms with Crippen molar-refractivity contribution in [2.45, 2.75) is 32.4 Å². The minimum absolute atomic E-state index is 0.262. The molecule has 0 amide bonds. The number of hydrogen-bond donors (Lipinski definition) is 1. The molecule has 0 radical (unpaired) electrons. The molecule has 0 bridgehead atoms. The molecule has 1 N–H and O–H groups in total. The minimum Gasteiger partial charge on any atom is -0.390 e. The zero-order valence-corrected chi connectivity index (χ0v) is 12.6. The highest BCUT2D eigenvalue weighted by atomic mass is 15.2. The van der Waals surface area contributed by atoms with Gasteiger partial charge in [0.25, 0.3) is 0 Å². The molecule has 0 saturated heterocycles. The van der Waals surface area contributed by atoms with E-state index in [1.54, 1.807) is 0 Å². The first-order valence-electron chi connectivity index (χ1n) is 7.11. The third-order valence-electron chi connectivity index (χ3n) is 4.00. The molecule has 0 saturated carbocycles. The van der Waals surface area contributed by atoms with Crippen molar-refractivity contribution in [3.8, 4) is 0 Å². The van der Waals surface area contributed by atoms with Gasteiger partial charge in [-0.05, 0) is 25.3 Å². The Kier molecular flexibility index (Phi) is 4.33. The van der Waals surface area contributed by atoms with Gasteiger partial charge in [0.2, 0.25) is 0 Å². The fourth-order valence-electron chi connectivity index (χ4n) is 2.83. The third kappa shape index (κ3) is 2.64.